The predicted octanol–water partition coefficient (Wildman–Crippen LogP) is 5.96. The van der Waals surface area contributed by atoms with Gasteiger partial charge in [-0.05, 0) is 136 Å². The molecule has 29 heavy (non-hydrogen) atoms. The molecule has 1 unspecified atom stereocenters. The van der Waals surface area contributed by atoms with Crippen molar-refractivity contribution in [1.82, 2.24) is 0 Å². The Bertz CT molecular complexity index is 838. The second kappa shape index (κ2) is 7.96. The van der Waals surface area contributed by atoms with Gasteiger partial charge in [0.05, 0.1) is 5.56 Å². The van der Waals surface area contributed by atoms with Gasteiger partial charge in [-0.3, -0.25) is 0 Å². The van der Waals surface area contributed by atoms with Crippen molar-refractivity contribution in [3.63, 3.8) is 0 Å². The third-order valence-electron chi connectivity index (χ3n) is 6.69. The fraction of sp³-hybridized carbons (Fsp3) is 0.600. The van der Waals surface area contributed by atoms with E-state index in [1.807, 2.05) is 28.7 Å². The van der Waals surface area contributed by atoms with E-state index in [0.29, 0.717) is 40.6 Å². The number of carboxylic acids is 1. The SMILES string of the molecule is O=C(OC(C12CC3CC(CC(C3)C1)C2)C(F)(F)C(=O)O)c1cc(I)cc(I)c1I. The monoisotopic (exact) mass is 742 g/mol. The first-order valence-corrected chi connectivity index (χ1v) is 12.7. The maximum Gasteiger partial charge on any atom is 0.379 e. The Labute approximate surface area is 208 Å². The van der Waals surface area contributed by atoms with Crippen LogP contribution in [0.25, 0.3) is 0 Å². The first-order chi connectivity index (χ1) is 13.5. The molecule has 0 aromatic heterocycles. The summed E-state index contributed by atoms with van der Waals surface area (Å²) in [4.78, 5) is 24.5. The number of alkyl halides is 2. The summed E-state index contributed by atoms with van der Waals surface area (Å²) < 4.78 is 37.6. The molecule has 4 fully saturated rings. The predicted molar refractivity (Wildman–Crippen MR) is 127 cm³/mol. The number of carboxylic acid groups (broad SMARTS) is 1. The topological polar surface area (TPSA) is 63.6 Å². The lowest BCUT2D eigenvalue weighted by Crippen LogP contribution is -2.60. The third-order valence-corrected chi connectivity index (χ3v) is 10.4. The molecule has 4 saturated carbocycles. The molecule has 0 radical (unpaired) electrons. The summed E-state index contributed by atoms with van der Waals surface area (Å²) in [6.07, 6.45) is 2.66. The minimum absolute atomic E-state index is 0.206. The highest BCUT2D eigenvalue weighted by atomic mass is 127. The largest absolute Gasteiger partial charge is 0.477 e. The maximum absolute atomic E-state index is 15.0. The van der Waals surface area contributed by atoms with Crippen LogP contribution >= 0.6 is 67.8 Å². The van der Waals surface area contributed by atoms with Gasteiger partial charge in [0.2, 0.25) is 0 Å². The molecule has 0 heterocycles. The van der Waals surface area contributed by atoms with Gasteiger partial charge in [-0.15, -0.1) is 0 Å². The van der Waals surface area contributed by atoms with Crippen LogP contribution < -0.4 is 0 Å². The van der Waals surface area contributed by atoms with E-state index < -0.39 is 29.4 Å². The van der Waals surface area contributed by atoms with Gasteiger partial charge >= 0.3 is 17.9 Å². The zero-order valence-corrected chi connectivity index (χ0v) is 21.7. The molecule has 0 amide bonds. The van der Waals surface area contributed by atoms with Crippen molar-refractivity contribution in [2.24, 2.45) is 23.2 Å². The van der Waals surface area contributed by atoms with Crippen LogP contribution in [-0.2, 0) is 9.53 Å². The Morgan fingerprint density at radius 2 is 1.59 bits per heavy atom. The molecule has 9 heteroatoms. The highest BCUT2D eigenvalue weighted by molar-refractivity contribution is 14.1. The molecule has 1 aromatic carbocycles. The standard InChI is InChI=1S/C20H19F2I3O4/c21-20(22,18(27)28)17(19-6-9-1-10(7-19)3-11(2-9)8-19)29-16(26)13-4-12(23)5-14(24)15(13)25/h4-5,9-11,17H,1-3,6-8H2,(H,27,28). The van der Waals surface area contributed by atoms with Crippen LogP contribution in [0.5, 0.6) is 0 Å². The van der Waals surface area contributed by atoms with E-state index in [4.69, 9.17) is 4.74 Å². The number of ether oxygens (including phenoxy) is 1. The van der Waals surface area contributed by atoms with Crippen molar-refractivity contribution in [1.29, 1.82) is 0 Å². The highest BCUT2D eigenvalue weighted by Gasteiger charge is 2.65. The number of carbonyl (C=O) groups is 2. The molecule has 1 atom stereocenters. The van der Waals surface area contributed by atoms with E-state index >= 15 is 0 Å². The molecule has 4 aliphatic carbocycles. The first kappa shape index (κ1) is 22.4. The van der Waals surface area contributed by atoms with Gasteiger partial charge in [0.25, 0.3) is 0 Å². The number of hydrogen-bond donors (Lipinski definition) is 1. The van der Waals surface area contributed by atoms with Crippen molar-refractivity contribution in [2.75, 3.05) is 0 Å². The van der Waals surface area contributed by atoms with Crippen LogP contribution in [0.3, 0.4) is 0 Å². The molecular formula is C20H19F2I3O4. The Kier molecular flexibility index (Phi) is 6.15. The fourth-order valence-electron chi connectivity index (χ4n) is 6.07. The minimum atomic E-state index is -4.12. The normalized spacial score (nSPS) is 31.6. The summed E-state index contributed by atoms with van der Waals surface area (Å²) in [6, 6.07) is 3.48. The maximum atomic E-state index is 15.0. The molecule has 4 aliphatic rings. The molecule has 4 nitrogen and oxygen atoms in total. The average molecular weight is 742 g/mol. The molecule has 158 valence electrons. The molecule has 1 aromatic rings. The van der Waals surface area contributed by atoms with Gasteiger partial charge in [-0.25, -0.2) is 9.59 Å². The summed E-state index contributed by atoms with van der Waals surface area (Å²) in [5.74, 6) is -6.24. The number of benzene rings is 1. The van der Waals surface area contributed by atoms with Crippen molar-refractivity contribution < 1.29 is 28.2 Å². The number of halogens is 5. The van der Waals surface area contributed by atoms with Crippen LogP contribution in [0.1, 0.15) is 48.9 Å². The Hall–Kier alpha value is 0.210. The molecule has 5 rings (SSSR count). The van der Waals surface area contributed by atoms with Crippen LogP contribution in [0.4, 0.5) is 8.78 Å². The van der Waals surface area contributed by atoms with Crippen LogP contribution in [0.2, 0.25) is 0 Å². The number of aliphatic carboxylic acids is 1. The van der Waals surface area contributed by atoms with Crippen molar-refractivity contribution in [2.45, 2.75) is 50.6 Å². The second-order valence-corrected chi connectivity index (χ2v) is 12.2. The van der Waals surface area contributed by atoms with Crippen LogP contribution in [0.15, 0.2) is 12.1 Å². The number of carbonyl (C=O) groups excluding carboxylic acids is 1. The lowest BCUT2D eigenvalue weighted by molar-refractivity contribution is -0.221. The van der Waals surface area contributed by atoms with E-state index in [2.05, 4.69) is 45.2 Å². The second-order valence-electron chi connectivity index (χ2n) is 8.74. The Balaban J connectivity index is 1.71. The zero-order chi connectivity index (χ0) is 21.1. The van der Waals surface area contributed by atoms with Crippen LogP contribution in [-0.4, -0.2) is 29.1 Å². The van der Waals surface area contributed by atoms with Crippen molar-refractivity contribution >= 4 is 79.7 Å². The third kappa shape index (κ3) is 4.05. The molecule has 0 aliphatic heterocycles. The number of rotatable bonds is 5. The van der Waals surface area contributed by atoms with Crippen molar-refractivity contribution in [3.05, 3.63) is 28.4 Å². The lowest BCUT2D eigenvalue weighted by atomic mass is 9.47. The molecule has 0 saturated heterocycles. The van der Waals surface area contributed by atoms with Gasteiger partial charge in [0, 0.05) is 16.1 Å². The summed E-state index contributed by atoms with van der Waals surface area (Å²) in [5, 5.41) is 9.29. The van der Waals surface area contributed by atoms with E-state index in [9.17, 15) is 23.5 Å². The fourth-order valence-corrected chi connectivity index (χ4v) is 8.45. The Morgan fingerprint density at radius 3 is 2.07 bits per heavy atom. The van der Waals surface area contributed by atoms with Gasteiger partial charge < -0.3 is 9.84 Å². The van der Waals surface area contributed by atoms with Gasteiger partial charge in [0.1, 0.15) is 0 Å². The number of hydrogen-bond acceptors (Lipinski definition) is 3. The van der Waals surface area contributed by atoms with E-state index in [1.165, 1.54) is 0 Å². The molecule has 1 N–H and O–H groups in total. The summed E-state index contributed by atoms with van der Waals surface area (Å²) >= 11 is 6.13. The van der Waals surface area contributed by atoms with E-state index in [1.54, 1.807) is 6.07 Å². The Morgan fingerprint density at radius 1 is 1.07 bits per heavy atom. The van der Waals surface area contributed by atoms with Crippen molar-refractivity contribution in [3.8, 4) is 0 Å². The number of esters is 1. The molecular weight excluding hydrogens is 723 g/mol. The first-order valence-electron chi connectivity index (χ1n) is 9.48. The lowest BCUT2D eigenvalue weighted by Gasteiger charge is -2.59. The molecule has 0 spiro atoms. The highest BCUT2D eigenvalue weighted by Crippen LogP contribution is 2.63. The van der Waals surface area contributed by atoms with Gasteiger partial charge in [-0.1, -0.05) is 0 Å². The summed E-state index contributed by atoms with van der Waals surface area (Å²) in [6.45, 7) is 0. The summed E-state index contributed by atoms with van der Waals surface area (Å²) in [5.41, 5.74) is -0.745. The zero-order valence-electron chi connectivity index (χ0n) is 15.3. The molecule has 4 bridgehead atoms. The smallest absolute Gasteiger partial charge is 0.379 e. The quantitative estimate of drug-likeness (QED) is 0.230. The van der Waals surface area contributed by atoms with E-state index in [0.717, 1.165) is 26.4 Å². The minimum Gasteiger partial charge on any atom is -0.477 e. The van der Waals surface area contributed by atoms with Crippen LogP contribution in [0, 0.1) is 33.9 Å². The van der Waals surface area contributed by atoms with E-state index in [-0.39, 0.29) is 5.56 Å². The summed E-state index contributed by atoms with van der Waals surface area (Å²) in [7, 11) is 0. The van der Waals surface area contributed by atoms with Gasteiger partial charge in [-0.2, -0.15) is 8.78 Å². The van der Waals surface area contributed by atoms with Gasteiger partial charge in [0.15, 0.2) is 6.10 Å². The average Bonchev–Trinajstić information content (AvgIpc) is 2.60.